The Hall–Kier alpha value is -1.03. The third-order valence-corrected chi connectivity index (χ3v) is 3.97. The molecule has 0 aliphatic heterocycles. The van der Waals surface area contributed by atoms with Crippen molar-refractivity contribution in [1.29, 1.82) is 0 Å². The van der Waals surface area contributed by atoms with Crippen molar-refractivity contribution in [3.05, 3.63) is 49.1 Å². The number of hydrogen-bond donors (Lipinski definition) is 2. The number of aromatic carboxylic acids is 1. The zero-order chi connectivity index (χ0) is 14.0. The molecular formula is C13H8I2O4. The first-order valence-corrected chi connectivity index (χ1v) is 7.32. The Balaban J connectivity index is 2.24. The van der Waals surface area contributed by atoms with Crippen LogP contribution in [0.3, 0.4) is 0 Å². The Bertz CT molecular complexity index is 600. The topological polar surface area (TPSA) is 66.8 Å². The summed E-state index contributed by atoms with van der Waals surface area (Å²) >= 11 is 4.04. The molecule has 0 unspecified atom stereocenters. The van der Waals surface area contributed by atoms with Crippen LogP contribution in [0.25, 0.3) is 0 Å². The number of benzene rings is 2. The van der Waals surface area contributed by atoms with E-state index in [1.807, 2.05) is 45.2 Å². The maximum absolute atomic E-state index is 10.7. The monoisotopic (exact) mass is 482 g/mol. The van der Waals surface area contributed by atoms with Crippen molar-refractivity contribution in [3.63, 3.8) is 0 Å². The molecule has 2 rings (SSSR count). The second-order valence-corrected chi connectivity index (χ2v) is 5.99. The number of aromatic hydroxyl groups is 1. The average molecular weight is 482 g/mol. The number of carbonyl (C=O) groups is 1. The van der Waals surface area contributed by atoms with Gasteiger partial charge in [-0.1, -0.05) is 0 Å². The van der Waals surface area contributed by atoms with Gasteiger partial charge >= 0.3 is 5.97 Å². The summed E-state index contributed by atoms with van der Waals surface area (Å²) in [6.45, 7) is 0. The van der Waals surface area contributed by atoms with Gasteiger partial charge in [0.25, 0.3) is 0 Å². The summed E-state index contributed by atoms with van der Waals surface area (Å²) in [6.07, 6.45) is 0. The zero-order valence-electron chi connectivity index (χ0n) is 9.43. The summed E-state index contributed by atoms with van der Waals surface area (Å²) in [5, 5.41) is 18.5. The largest absolute Gasteiger partial charge is 0.506 e. The van der Waals surface area contributed by atoms with E-state index >= 15 is 0 Å². The second-order valence-electron chi connectivity index (χ2n) is 3.67. The van der Waals surface area contributed by atoms with Crippen molar-refractivity contribution in [2.24, 2.45) is 0 Å². The molecule has 4 nitrogen and oxygen atoms in total. The molecule has 6 heteroatoms. The first kappa shape index (κ1) is 14.4. The number of rotatable bonds is 3. The number of carboxylic acid groups (broad SMARTS) is 1. The maximum atomic E-state index is 10.7. The molecule has 2 N–H and O–H groups in total. The standard InChI is InChI=1S/C13H8I2O4/c14-10-5-9(6-11(15)12(10)16)19-8-3-1-7(2-4-8)13(17)18/h1-6,16H,(H,17,18). The summed E-state index contributed by atoms with van der Waals surface area (Å²) in [4.78, 5) is 10.7. The summed E-state index contributed by atoms with van der Waals surface area (Å²) in [5.74, 6) is 0.395. The van der Waals surface area contributed by atoms with Crippen LogP contribution >= 0.6 is 45.2 Å². The molecule has 19 heavy (non-hydrogen) atoms. The molecule has 0 amide bonds. The van der Waals surface area contributed by atoms with Gasteiger partial charge in [0.2, 0.25) is 0 Å². The molecule has 0 heterocycles. The van der Waals surface area contributed by atoms with Gasteiger partial charge in [-0.15, -0.1) is 0 Å². The molecule has 0 aromatic heterocycles. The minimum atomic E-state index is -0.972. The summed E-state index contributed by atoms with van der Waals surface area (Å²) in [7, 11) is 0. The molecule has 98 valence electrons. The molecule has 0 aliphatic rings. The minimum absolute atomic E-state index is 0.210. The summed E-state index contributed by atoms with van der Waals surface area (Å²) in [6, 6.07) is 9.57. The van der Waals surface area contributed by atoms with E-state index < -0.39 is 5.97 Å². The lowest BCUT2D eigenvalue weighted by atomic mass is 10.2. The van der Waals surface area contributed by atoms with E-state index in [1.165, 1.54) is 12.1 Å². The van der Waals surface area contributed by atoms with Crippen molar-refractivity contribution in [1.82, 2.24) is 0 Å². The highest BCUT2D eigenvalue weighted by Gasteiger charge is 2.08. The van der Waals surface area contributed by atoms with Gasteiger partial charge in [0.15, 0.2) is 0 Å². The Kier molecular flexibility index (Phi) is 4.50. The van der Waals surface area contributed by atoms with E-state index in [4.69, 9.17) is 9.84 Å². The predicted molar refractivity (Wildman–Crippen MR) is 87.0 cm³/mol. The van der Waals surface area contributed by atoms with Crippen LogP contribution in [0.15, 0.2) is 36.4 Å². The number of carboxylic acids is 1. The van der Waals surface area contributed by atoms with Crippen LogP contribution < -0.4 is 4.74 Å². The number of hydrogen-bond acceptors (Lipinski definition) is 3. The van der Waals surface area contributed by atoms with Crippen molar-refractivity contribution in [2.75, 3.05) is 0 Å². The molecule has 0 fully saturated rings. The average Bonchev–Trinajstić information content (AvgIpc) is 2.36. The maximum Gasteiger partial charge on any atom is 0.335 e. The summed E-state index contributed by atoms with van der Waals surface area (Å²) in [5.41, 5.74) is 0.210. The molecule has 0 spiro atoms. The van der Waals surface area contributed by atoms with E-state index in [0.29, 0.717) is 18.6 Å². The molecule has 0 radical (unpaired) electrons. The van der Waals surface area contributed by atoms with Gasteiger partial charge in [-0.3, -0.25) is 0 Å². The Morgan fingerprint density at radius 1 is 1.00 bits per heavy atom. The quantitative estimate of drug-likeness (QED) is 0.648. The van der Waals surface area contributed by atoms with Gasteiger partial charge in [0, 0.05) is 0 Å². The van der Waals surface area contributed by atoms with Crippen molar-refractivity contribution >= 4 is 51.2 Å². The van der Waals surface area contributed by atoms with E-state index in [2.05, 4.69) is 0 Å². The van der Waals surface area contributed by atoms with Crippen LogP contribution in [-0.4, -0.2) is 16.2 Å². The third-order valence-electron chi connectivity index (χ3n) is 2.33. The fourth-order valence-corrected chi connectivity index (χ4v) is 3.11. The fourth-order valence-electron chi connectivity index (χ4n) is 1.40. The first-order chi connectivity index (χ1) is 8.97. The van der Waals surface area contributed by atoms with Crippen LogP contribution in [-0.2, 0) is 0 Å². The number of phenolic OH excluding ortho intramolecular Hbond substituents is 1. The van der Waals surface area contributed by atoms with E-state index in [-0.39, 0.29) is 11.3 Å². The fraction of sp³-hybridized carbons (Fsp3) is 0. The molecular weight excluding hydrogens is 474 g/mol. The van der Waals surface area contributed by atoms with E-state index in [1.54, 1.807) is 24.3 Å². The van der Waals surface area contributed by atoms with E-state index in [0.717, 1.165) is 0 Å². The number of phenols is 1. The van der Waals surface area contributed by atoms with Crippen LogP contribution in [0.2, 0.25) is 0 Å². The van der Waals surface area contributed by atoms with Crippen LogP contribution in [0, 0.1) is 7.14 Å². The van der Waals surface area contributed by atoms with Crippen molar-refractivity contribution in [2.45, 2.75) is 0 Å². The first-order valence-electron chi connectivity index (χ1n) is 5.16. The minimum Gasteiger partial charge on any atom is -0.506 e. The Morgan fingerprint density at radius 3 is 2.00 bits per heavy atom. The molecule has 0 atom stereocenters. The van der Waals surface area contributed by atoms with Crippen LogP contribution in [0.1, 0.15) is 10.4 Å². The van der Waals surface area contributed by atoms with Gasteiger partial charge in [0.1, 0.15) is 17.2 Å². The SMILES string of the molecule is O=C(O)c1ccc(Oc2cc(I)c(O)c(I)c2)cc1. The van der Waals surface area contributed by atoms with Crippen LogP contribution in [0.4, 0.5) is 0 Å². The van der Waals surface area contributed by atoms with Gasteiger partial charge in [-0.2, -0.15) is 0 Å². The molecule has 2 aromatic carbocycles. The molecule has 0 bridgehead atoms. The predicted octanol–water partition coefficient (Wildman–Crippen LogP) is 4.09. The Labute approximate surface area is 136 Å². The molecule has 0 saturated carbocycles. The third kappa shape index (κ3) is 3.50. The van der Waals surface area contributed by atoms with Gasteiger partial charge in [-0.05, 0) is 81.6 Å². The van der Waals surface area contributed by atoms with Gasteiger partial charge < -0.3 is 14.9 Å². The lowest BCUT2D eigenvalue weighted by Gasteiger charge is -2.08. The highest BCUT2D eigenvalue weighted by molar-refractivity contribution is 14.1. The molecule has 2 aromatic rings. The second kappa shape index (κ2) is 5.95. The summed E-state index contributed by atoms with van der Waals surface area (Å²) < 4.78 is 7.01. The van der Waals surface area contributed by atoms with Crippen LogP contribution in [0.5, 0.6) is 17.2 Å². The van der Waals surface area contributed by atoms with E-state index in [9.17, 15) is 9.90 Å². The highest BCUT2D eigenvalue weighted by Crippen LogP contribution is 2.32. The smallest absolute Gasteiger partial charge is 0.335 e. The Morgan fingerprint density at radius 2 is 1.53 bits per heavy atom. The zero-order valence-corrected chi connectivity index (χ0v) is 13.7. The van der Waals surface area contributed by atoms with Crippen molar-refractivity contribution in [3.8, 4) is 17.2 Å². The lowest BCUT2D eigenvalue weighted by Crippen LogP contribution is -1.95. The lowest BCUT2D eigenvalue weighted by molar-refractivity contribution is 0.0697. The highest BCUT2D eigenvalue weighted by atomic mass is 127. The number of halogens is 2. The normalized spacial score (nSPS) is 10.2. The van der Waals surface area contributed by atoms with Gasteiger partial charge in [-0.25, -0.2) is 4.79 Å². The van der Waals surface area contributed by atoms with Crippen molar-refractivity contribution < 1.29 is 19.7 Å². The number of ether oxygens (including phenoxy) is 1. The molecule has 0 saturated heterocycles. The van der Waals surface area contributed by atoms with Gasteiger partial charge in [0.05, 0.1) is 12.7 Å². The molecule has 0 aliphatic carbocycles.